The van der Waals surface area contributed by atoms with Gasteiger partial charge in [0.2, 0.25) is 0 Å². The van der Waals surface area contributed by atoms with Gasteiger partial charge in [-0.2, -0.15) is 0 Å². The Hall–Kier alpha value is -2.49. The molecule has 0 bridgehead atoms. The summed E-state index contributed by atoms with van der Waals surface area (Å²) in [6, 6.07) is 0. The quantitative estimate of drug-likeness (QED) is 0.0300. The third-order valence-corrected chi connectivity index (χ3v) is 8.46. The van der Waals surface area contributed by atoms with Gasteiger partial charge in [-0.3, -0.25) is 0 Å². The molecule has 0 spiro atoms. The van der Waals surface area contributed by atoms with Crippen molar-refractivity contribution >= 4 is 17.9 Å². The highest BCUT2D eigenvalue weighted by Crippen LogP contribution is 2.18. The summed E-state index contributed by atoms with van der Waals surface area (Å²) in [5, 5.41) is 50.9. The van der Waals surface area contributed by atoms with Crippen LogP contribution in [0, 0.1) is 5.41 Å². The molecule has 0 atom stereocenters. The van der Waals surface area contributed by atoms with E-state index in [0.29, 0.717) is 6.42 Å². The molecule has 51 heavy (non-hydrogen) atoms. The van der Waals surface area contributed by atoms with E-state index in [0.717, 1.165) is 38.5 Å². The summed E-state index contributed by atoms with van der Waals surface area (Å²) in [5.41, 5.74) is -0.667. The van der Waals surface area contributed by atoms with Crippen molar-refractivity contribution in [1.82, 2.24) is 0 Å². The van der Waals surface area contributed by atoms with Gasteiger partial charge in [-0.25, -0.2) is 14.4 Å². The number of carbonyl (C=O) groups is 3. The first kappa shape index (κ1) is 55.3. The van der Waals surface area contributed by atoms with E-state index >= 15 is 0 Å². The van der Waals surface area contributed by atoms with Crippen LogP contribution in [-0.2, 0) is 14.4 Å². The zero-order chi connectivity index (χ0) is 39.3. The molecule has 0 heterocycles. The molecule has 0 aliphatic carbocycles. The topological polar surface area (TPSA) is 173 Å². The van der Waals surface area contributed by atoms with Gasteiger partial charge in [0, 0.05) is 23.6 Å². The Labute approximate surface area is 312 Å². The average molecular weight is 729 g/mol. The van der Waals surface area contributed by atoms with Crippen molar-refractivity contribution in [3.8, 4) is 0 Å². The second kappa shape index (κ2) is 47.5. The highest BCUT2D eigenvalue weighted by Gasteiger charge is 2.24. The van der Waals surface area contributed by atoms with Gasteiger partial charge in [0.1, 0.15) is 0 Å². The summed E-state index contributed by atoms with van der Waals surface area (Å²) in [4.78, 5) is 30.4. The molecule has 0 aromatic heterocycles. The Bertz CT molecular complexity index is 709. The molecule has 0 aromatic rings. The Morgan fingerprint density at radius 2 is 0.608 bits per heavy atom. The molecule has 302 valence electrons. The number of aliphatic carboxylic acids is 3. The summed E-state index contributed by atoms with van der Waals surface area (Å²) < 4.78 is 0. The van der Waals surface area contributed by atoms with Crippen molar-refractivity contribution in [2.24, 2.45) is 5.41 Å². The SMILES string of the molecule is CCC(CO)(CO)CO.CCCCCCCCCC=CC(=O)O.CCCCCCCCCC=CC(=O)O.CCCCCCCCCC=CC(=O)O. The fourth-order valence-corrected chi connectivity index (χ4v) is 4.70. The lowest BCUT2D eigenvalue weighted by Crippen LogP contribution is -2.32. The second-order valence-corrected chi connectivity index (χ2v) is 13.3. The van der Waals surface area contributed by atoms with Crippen LogP contribution in [0.1, 0.15) is 188 Å². The number of carboxylic acid groups (broad SMARTS) is 3. The van der Waals surface area contributed by atoms with E-state index in [1.165, 1.54) is 134 Å². The van der Waals surface area contributed by atoms with Crippen molar-refractivity contribution in [3.05, 3.63) is 36.5 Å². The van der Waals surface area contributed by atoms with Crippen LogP contribution >= 0.6 is 0 Å². The van der Waals surface area contributed by atoms with Crippen LogP contribution in [-0.4, -0.2) is 68.4 Å². The Kier molecular flexibility index (Phi) is 51.5. The number of aliphatic hydroxyl groups excluding tert-OH is 3. The van der Waals surface area contributed by atoms with E-state index in [-0.39, 0.29) is 19.8 Å². The minimum atomic E-state index is -0.840. The minimum Gasteiger partial charge on any atom is -0.478 e. The Morgan fingerprint density at radius 3 is 0.765 bits per heavy atom. The zero-order valence-electron chi connectivity index (χ0n) is 33.2. The largest absolute Gasteiger partial charge is 0.478 e. The molecule has 0 unspecified atom stereocenters. The molecule has 0 aliphatic rings. The first-order chi connectivity index (χ1) is 24.6. The summed E-state index contributed by atoms with van der Waals surface area (Å²) >= 11 is 0. The summed E-state index contributed by atoms with van der Waals surface area (Å²) in [6.07, 6.45) is 39.1. The lowest BCUT2D eigenvalue weighted by atomic mass is 9.88. The molecule has 0 radical (unpaired) electrons. The van der Waals surface area contributed by atoms with Crippen molar-refractivity contribution in [2.75, 3.05) is 19.8 Å². The van der Waals surface area contributed by atoms with Gasteiger partial charge in [0.25, 0.3) is 0 Å². The molecule has 9 heteroatoms. The number of allylic oxidation sites excluding steroid dienone is 3. The third kappa shape index (κ3) is 54.5. The number of carboxylic acids is 3. The van der Waals surface area contributed by atoms with Gasteiger partial charge >= 0.3 is 17.9 Å². The van der Waals surface area contributed by atoms with Crippen LogP contribution in [0.3, 0.4) is 0 Å². The highest BCUT2D eigenvalue weighted by atomic mass is 16.4. The highest BCUT2D eigenvalue weighted by molar-refractivity contribution is 5.80. The molecule has 9 nitrogen and oxygen atoms in total. The van der Waals surface area contributed by atoms with Crippen LogP contribution in [0.4, 0.5) is 0 Å². The van der Waals surface area contributed by atoms with Gasteiger partial charge in [-0.15, -0.1) is 0 Å². The Morgan fingerprint density at radius 1 is 0.392 bits per heavy atom. The smallest absolute Gasteiger partial charge is 0.327 e. The molecule has 0 aliphatic heterocycles. The van der Waals surface area contributed by atoms with Crippen molar-refractivity contribution in [3.63, 3.8) is 0 Å². The van der Waals surface area contributed by atoms with Crippen LogP contribution in [0.15, 0.2) is 36.5 Å². The average Bonchev–Trinajstić information content (AvgIpc) is 3.11. The van der Waals surface area contributed by atoms with Crippen molar-refractivity contribution < 1.29 is 45.0 Å². The molecule has 0 amide bonds. The molecule has 0 rings (SSSR count). The molecule has 6 N–H and O–H groups in total. The number of hydrogen-bond acceptors (Lipinski definition) is 6. The number of unbranched alkanes of at least 4 members (excludes halogenated alkanes) is 21. The van der Waals surface area contributed by atoms with Gasteiger partial charge < -0.3 is 30.6 Å². The van der Waals surface area contributed by atoms with Crippen molar-refractivity contribution in [2.45, 2.75) is 188 Å². The summed E-state index contributed by atoms with van der Waals surface area (Å²) in [5.74, 6) is -2.52. The predicted molar refractivity (Wildman–Crippen MR) is 212 cm³/mol. The van der Waals surface area contributed by atoms with E-state index in [4.69, 9.17) is 30.6 Å². The van der Waals surface area contributed by atoms with Crippen molar-refractivity contribution in [1.29, 1.82) is 0 Å². The normalized spacial score (nSPS) is 11.1. The van der Waals surface area contributed by atoms with Crippen LogP contribution < -0.4 is 0 Å². The fourth-order valence-electron chi connectivity index (χ4n) is 4.70. The fraction of sp³-hybridized carbons (Fsp3) is 0.786. The van der Waals surface area contributed by atoms with Crippen LogP contribution in [0.5, 0.6) is 0 Å². The summed E-state index contributed by atoms with van der Waals surface area (Å²) in [6.45, 7) is 8.01. The first-order valence-electron chi connectivity index (χ1n) is 20.1. The van der Waals surface area contributed by atoms with Gasteiger partial charge in [-0.1, -0.05) is 161 Å². The van der Waals surface area contributed by atoms with E-state index < -0.39 is 23.3 Å². The monoisotopic (exact) mass is 729 g/mol. The second-order valence-electron chi connectivity index (χ2n) is 13.3. The molecular formula is C42H80O9. The van der Waals surface area contributed by atoms with E-state index in [9.17, 15) is 14.4 Å². The summed E-state index contributed by atoms with van der Waals surface area (Å²) in [7, 11) is 0. The van der Waals surface area contributed by atoms with E-state index in [2.05, 4.69) is 20.8 Å². The van der Waals surface area contributed by atoms with Gasteiger partial charge in [-0.05, 0) is 44.9 Å². The van der Waals surface area contributed by atoms with E-state index in [1.807, 2.05) is 6.92 Å². The zero-order valence-corrected chi connectivity index (χ0v) is 33.2. The molecule has 0 fully saturated rings. The van der Waals surface area contributed by atoms with Crippen LogP contribution in [0.25, 0.3) is 0 Å². The van der Waals surface area contributed by atoms with Gasteiger partial charge in [0.15, 0.2) is 0 Å². The maximum atomic E-state index is 10.1. The molecular weight excluding hydrogens is 648 g/mol. The molecule has 0 saturated heterocycles. The Balaban J connectivity index is -0.000000292. The standard InChI is InChI=1S/3C12H22O2.C6H14O3/c3*1-2-3-4-5-6-7-8-9-10-11-12(13)14;1-2-6(3-7,4-8)5-9/h3*10-11H,2-9H2,1H3,(H,13,14);7-9H,2-5H2,1H3. The number of hydrogen-bond donors (Lipinski definition) is 6. The molecule has 0 aromatic carbocycles. The van der Waals surface area contributed by atoms with Crippen LogP contribution in [0.2, 0.25) is 0 Å². The first-order valence-corrected chi connectivity index (χ1v) is 20.1. The maximum absolute atomic E-state index is 10.1. The maximum Gasteiger partial charge on any atom is 0.327 e. The van der Waals surface area contributed by atoms with E-state index in [1.54, 1.807) is 18.2 Å². The van der Waals surface area contributed by atoms with Gasteiger partial charge in [0.05, 0.1) is 19.8 Å². The lowest BCUT2D eigenvalue weighted by molar-refractivity contribution is -0.132. The molecule has 0 saturated carbocycles. The lowest BCUT2D eigenvalue weighted by Gasteiger charge is -2.24. The third-order valence-electron chi connectivity index (χ3n) is 8.46. The number of rotatable bonds is 31. The predicted octanol–water partition coefficient (Wildman–Crippen LogP) is 10.7. The minimum absolute atomic E-state index is 0.156. The number of aliphatic hydroxyl groups is 3.